The monoisotopic (exact) mass is 945 g/mol. The Bertz CT molecular complexity index is 2170. The number of hydrogen-bond donors (Lipinski definition) is 11. The van der Waals surface area contributed by atoms with Crippen LogP contribution in [0.5, 0.6) is 5.75 Å². The third-order valence-corrected chi connectivity index (χ3v) is 11.9. The van der Waals surface area contributed by atoms with Gasteiger partial charge in [-0.2, -0.15) is 0 Å². The maximum Gasteiger partial charge on any atom is 0.326 e. The number of carboxylic acids is 1. The number of guanidine groups is 1. The molecule has 1 aliphatic heterocycles. The number of H-pyrrole nitrogens is 1. The van der Waals surface area contributed by atoms with E-state index in [1.54, 1.807) is 63.2 Å². The van der Waals surface area contributed by atoms with Crippen LogP contribution in [-0.2, 0) is 52.8 Å². The standard InChI is InChI=1S/C47H68N12O9/c1-5-28(4)39(58-41(62)34(22-30-16-18-32(60)19-17-30)54-43(64)38(27(2)3)57-40(61)33(48)14-9-10-20-52-47(49)50)44(65)55-35(24-31-25-51-26-53-31)45(66)59-21-11-15-37(59)42(63)56-36(46(67)68)23-29-12-7-6-8-13-29/h6-8,12-13,16-19,25-28,33-39,60H,5,9-11,14-15,20-24,48H2,1-4H3,(H,51,53)(H,54,64)(H,55,65)(H,56,63)(H,57,61)(H,58,62)(H,67,68)(H4,49,50,52)/t28-,33+,34-,35-,36-,37-,38-,39-/m0/s1. The molecule has 3 aromatic rings. The van der Waals surface area contributed by atoms with Crippen LogP contribution in [0, 0.1) is 11.8 Å². The fourth-order valence-corrected chi connectivity index (χ4v) is 7.80. The van der Waals surface area contributed by atoms with Crippen LogP contribution in [0.1, 0.15) is 83.0 Å². The predicted molar refractivity (Wildman–Crippen MR) is 253 cm³/mol. The van der Waals surface area contributed by atoms with Gasteiger partial charge in [-0.25, -0.2) is 9.78 Å². The van der Waals surface area contributed by atoms with Crippen molar-refractivity contribution in [2.75, 3.05) is 13.1 Å². The van der Waals surface area contributed by atoms with Crippen LogP contribution in [0.3, 0.4) is 0 Å². The quantitative estimate of drug-likeness (QED) is 0.0290. The van der Waals surface area contributed by atoms with Crippen LogP contribution in [0.15, 0.2) is 72.1 Å². The first-order chi connectivity index (χ1) is 32.4. The molecule has 68 heavy (non-hydrogen) atoms. The van der Waals surface area contributed by atoms with Crippen molar-refractivity contribution in [1.29, 1.82) is 0 Å². The number of aromatic amines is 1. The van der Waals surface area contributed by atoms with Crippen LogP contribution in [0.4, 0.5) is 0 Å². The molecule has 21 nitrogen and oxygen atoms in total. The average Bonchev–Trinajstić information content (AvgIpc) is 4.02. The molecule has 0 aliphatic carbocycles. The van der Waals surface area contributed by atoms with Crippen molar-refractivity contribution in [1.82, 2.24) is 41.5 Å². The Labute approximate surface area is 396 Å². The fraction of sp³-hybridized carbons (Fsp3) is 0.511. The van der Waals surface area contributed by atoms with Crippen molar-refractivity contribution in [2.24, 2.45) is 34.0 Å². The molecular formula is C47H68N12O9. The predicted octanol–water partition coefficient (Wildman–Crippen LogP) is 0.116. The van der Waals surface area contributed by atoms with Crippen molar-refractivity contribution < 1.29 is 43.8 Å². The third kappa shape index (κ3) is 16.4. The topological polar surface area (TPSA) is 342 Å². The number of nitrogens with two attached hydrogens (primary N) is 3. The van der Waals surface area contributed by atoms with E-state index in [0.29, 0.717) is 55.5 Å². The molecule has 370 valence electrons. The molecule has 0 bridgehead atoms. The molecule has 2 heterocycles. The molecule has 0 radical (unpaired) electrons. The van der Waals surface area contributed by atoms with Gasteiger partial charge >= 0.3 is 5.97 Å². The summed E-state index contributed by atoms with van der Waals surface area (Å²) >= 11 is 0. The summed E-state index contributed by atoms with van der Waals surface area (Å²) in [7, 11) is 0. The lowest BCUT2D eigenvalue weighted by molar-refractivity contribution is -0.145. The summed E-state index contributed by atoms with van der Waals surface area (Å²) in [4.78, 5) is 109. The van der Waals surface area contributed by atoms with E-state index in [2.05, 4.69) is 41.5 Å². The maximum atomic E-state index is 14.5. The lowest BCUT2D eigenvalue weighted by Crippen LogP contribution is -2.61. The number of amides is 6. The maximum absolute atomic E-state index is 14.5. The average molecular weight is 945 g/mol. The van der Waals surface area contributed by atoms with Crippen LogP contribution in [-0.4, -0.2) is 128 Å². The van der Waals surface area contributed by atoms with Crippen LogP contribution >= 0.6 is 0 Å². The number of rotatable bonds is 26. The fourth-order valence-electron chi connectivity index (χ4n) is 7.80. The number of unbranched alkanes of at least 4 members (excludes halogenated alkanes) is 1. The summed E-state index contributed by atoms with van der Waals surface area (Å²) in [5.74, 6) is -6.18. The molecule has 14 N–H and O–H groups in total. The number of imidazole rings is 1. The van der Waals surface area contributed by atoms with Gasteiger partial charge in [0.15, 0.2) is 5.96 Å². The Morgan fingerprint density at radius 3 is 2.04 bits per heavy atom. The second kappa shape index (κ2) is 26.3. The summed E-state index contributed by atoms with van der Waals surface area (Å²) in [6, 6.07) is 6.73. The van der Waals surface area contributed by atoms with Gasteiger partial charge in [0, 0.05) is 44.2 Å². The Morgan fingerprint density at radius 1 is 0.794 bits per heavy atom. The molecule has 8 atom stereocenters. The van der Waals surface area contributed by atoms with E-state index in [1.165, 1.54) is 29.6 Å². The Hall–Kier alpha value is -7.03. The number of carbonyl (C=O) groups excluding carboxylic acids is 6. The number of aromatic nitrogens is 2. The van der Waals surface area contributed by atoms with E-state index in [4.69, 9.17) is 17.2 Å². The number of phenols is 1. The summed E-state index contributed by atoms with van der Waals surface area (Å²) in [5.41, 5.74) is 18.7. The highest BCUT2D eigenvalue weighted by atomic mass is 16.4. The summed E-state index contributed by atoms with van der Waals surface area (Å²) in [6.07, 6.45) is 5.33. The molecule has 0 spiro atoms. The molecule has 21 heteroatoms. The number of carboxylic acid groups (broad SMARTS) is 1. The highest BCUT2D eigenvalue weighted by Crippen LogP contribution is 2.21. The molecule has 0 saturated carbocycles. The number of hydrogen-bond acceptors (Lipinski definition) is 11. The van der Waals surface area contributed by atoms with Crippen molar-refractivity contribution >= 4 is 47.4 Å². The lowest BCUT2D eigenvalue weighted by Gasteiger charge is -2.32. The number of nitrogens with zero attached hydrogens (tertiary/aromatic N) is 3. The number of benzene rings is 2. The number of aliphatic carboxylic acids is 1. The Balaban J connectivity index is 1.54. The number of carbonyl (C=O) groups is 7. The van der Waals surface area contributed by atoms with Gasteiger partial charge in [-0.15, -0.1) is 0 Å². The first-order valence-corrected chi connectivity index (χ1v) is 23.0. The number of aliphatic imine (C=N–C) groups is 1. The molecule has 1 aliphatic rings. The molecule has 2 aromatic carbocycles. The summed E-state index contributed by atoms with van der Waals surface area (Å²) < 4.78 is 0. The molecule has 1 aromatic heterocycles. The van der Waals surface area contributed by atoms with Gasteiger partial charge in [0.05, 0.1) is 12.4 Å². The van der Waals surface area contributed by atoms with Gasteiger partial charge in [-0.3, -0.25) is 33.8 Å². The van der Waals surface area contributed by atoms with Crippen molar-refractivity contribution in [2.45, 2.75) is 128 Å². The van der Waals surface area contributed by atoms with Crippen LogP contribution in [0.2, 0.25) is 0 Å². The van der Waals surface area contributed by atoms with E-state index >= 15 is 0 Å². The van der Waals surface area contributed by atoms with Gasteiger partial charge in [0.1, 0.15) is 42.0 Å². The molecule has 4 rings (SSSR count). The zero-order valence-corrected chi connectivity index (χ0v) is 39.2. The van der Waals surface area contributed by atoms with Crippen molar-refractivity contribution in [3.63, 3.8) is 0 Å². The Morgan fingerprint density at radius 2 is 1.43 bits per heavy atom. The highest BCUT2D eigenvalue weighted by molar-refractivity contribution is 5.97. The zero-order chi connectivity index (χ0) is 49.9. The lowest BCUT2D eigenvalue weighted by atomic mass is 9.96. The second-order valence-electron chi connectivity index (χ2n) is 17.6. The number of phenolic OH excluding ortho intramolecular Hbond substituents is 1. The van der Waals surface area contributed by atoms with E-state index in [-0.39, 0.29) is 43.9 Å². The van der Waals surface area contributed by atoms with Crippen molar-refractivity contribution in [3.05, 3.63) is 83.9 Å². The minimum atomic E-state index is -1.29. The highest BCUT2D eigenvalue weighted by Gasteiger charge is 2.41. The van der Waals surface area contributed by atoms with E-state index in [9.17, 15) is 43.8 Å². The second-order valence-corrected chi connectivity index (χ2v) is 17.6. The van der Waals surface area contributed by atoms with Gasteiger partial charge < -0.3 is 63.9 Å². The van der Waals surface area contributed by atoms with Crippen LogP contribution < -0.4 is 43.8 Å². The zero-order valence-electron chi connectivity index (χ0n) is 39.2. The van der Waals surface area contributed by atoms with Crippen molar-refractivity contribution in [3.8, 4) is 5.75 Å². The van der Waals surface area contributed by atoms with E-state index < -0.39 is 95.5 Å². The molecule has 1 saturated heterocycles. The molecule has 0 unspecified atom stereocenters. The summed E-state index contributed by atoms with van der Waals surface area (Å²) in [5, 5.41) is 33.6. The van der Waals surface area contributed by atoms with Gasteiger partial charge in [0.25, 0.3) is 0 Å². The first kappa shape index (κ1) is 53.6. The molecular weight excluding hydrogens is 877 g/mol. The van der Waals surface area contributed by atoms with E-state index in [0.717, 1.165) is 0 Å². The van der Waals surface area contributed by atoms with Gasteiger partial charge in [-0.1, -0.05) is 76.6 Å². The number of likely N-dealkylation sites (tertiary alicyclic amines) is 1. The SMILES string of the molecule is CC[C@H](C)[C@H](NC(=O)[C@H](Cc1ccc(O)cc1)NC(=O)[C@@H](NC(=O)[C@H](N)CCCCN=C(N)N)C(C)C)C(=O)N[C@@H](Cc1cnc[nH]1)C(=O)N1CCC[C@H]1C(=O)N[C@@H](Cc1ccccc1)C(=O)O. The number of aromatic hydroxyl groups is 1. The molecule has 1 fully saturated rings. The minimum Gasteiger partial charge on any atom is -0.508 e. The van der Waals surface area contributed by atoms with Crippen LogP contribution in [0.25, 0.3) is 0 Å². The first-order valence-electron chi connectivity index (χ1n) is 23.0. The Kier molecular flexibility index (Phi) is 20.8. The third-order valence-electron chi connectivity index (χ3n) is 11.9. The molecule has 6 amide bonds. The number of nitrogens with one attached hydrogen (secondary N) is 6. The largest absolute Gasteiger partial charge is 0.508 e. The van der Waals surface area contributed by atoms with Gasteiger partial charge in [0.2, 0.25) is 35.4 Å². The normalized spacial score (nSPS) is 16.5. The summed E-state index contributed by atoms with van der Waals surface area (Å²) in [6.45, 7) is 7.54. The smallest absolute Gasteiger partial charge is 0.326 e. The minimum absolute atomic E-state index is 0.0184. The van der Waals surface area contributed by atoms with Gasteiger partial charge in [-0.05, 0) is 67.2 Å². The van der Waals surface area contributed by atoms with E-state index in [1.807, 2.05) is 6.92 Å².